The number of nitro benzene ring substituents is 1. The lowest BCUT2D eigenvalue weighted by Crippen LogP contribution is -2.36. The van der Waals surface area contributed by atoms with Crippen molar-refractivity contribution in [2.24, 2.45) is 0 Å². The number of nitrogens with zero attached hydrogens (tertiary/aromatic N) is 2. The molecule has 0 aliphatic carbocycles. The molecule has 1 aromatic carbocycles. The van der Waals surface area contributed by atoms with Crippen molar-refractivity contribution in [3.63, 3.8) is 0 Å². The van der Waals surface area contributed by atoms with Gasteiger partial charge < -0.3 is 14.6 Å². The van der Waals surface area contributed by atoms with Gasteiger partial charge in [0, 0.05) is 18.7 Å². The van der Waals surface area contributed by atoms with Crippen molar-refractivity contribution in [1.29, 1.82) is 0 Å². The normalized spacial score (nSPS) is 21.7. The van der Waals surface area contributed by atoms with Crippen molar-refractivity contribution in [3.8, 4) is 0 Å². The molecule has 1 fully saturated rings. The van der Waals surface area contributed by atoms with Crippen LogP contribution in [0, 0.1) is 10.1 Å². The average molecular weight is 431 g/mol. The van der Waals surface area contributed by atoms with E-state index in [1.807, 2.05) is 0 Å². The number of ether oxygens (including phenoxy) is 2. The van der Waals surface area contributed by atoms with Crippen LogP contribution in [-0.4, -0.2) is 38.4 Å². The van der Waals surface area contributed by atoms with Gasteiger partial charge in [-0.3, -0.25) is 24.5 Å². The van der Waals surface area contributed by atoms with Gasteiger partial charge in [-0.05, 0) is 6.07 Å². The highest BCUT2D eigenvalue weighted by atomic mass is 19.4. The Balaban J connectivity index is 1.81. The first-order valence-corrected chi connectivity index (χ1v) is 8.64. The van der Waals surface area contributed by atoms with Crippen LogP contribution in [0.4, 0.5) is 18.9 Å². The highest BCUT2D eigenvalue weighted by molar-refractivity contribution is 5.39. The van der Waals surface area contributed by atoms with Crippen LogP contribution in [-0.2, 0) is 22.3 Å². The molecule has 30 heavy (non-hydrogen) atoms. The molecule has 1 aliphatic heterocycles. The SMILES string of the molecule is O=c1[nH]c(=O)n([C@@H]2CC(OCc3ccccc3[N+](=O)[O-])[C@H](CO)O2)cc1C(F)(F)F. The predicted molar refractivity (Wildman–Crippen MR) is 93.6 cm³/mol. The number of nitro groups is 1. The summed E-state index contributed by atoms with van der Waals surface area (Å²) in [5.41, 5.74) is -4.20. The van der Waals surface area contributed by atoms with Crippen molar-refractivity contribution < 1.29 is 32.7 Å². The second-order valence-electron chi connectivity index (χ2n) is 6.49. The second kappa shape index (κ2) is 8.38. The number of aromatic nitrogens is 2. The van der Waals surface area contributed by atoms with E-state index in [0.717, 1.165) is 0 Å². The Morgan fingerprint density at radius 1 is 1.33 bits per heavy atom. The molecule has 2 aromatic rings. The molecule has 3 rings (SSSR count). The van der Waals surface area contributed by atoms with E-state index in [1.54, 1.807) is 11.1 Å². The Hall–Kier alpha value is -3.03. The van der Waals surface area contributed by atoms with Gasteiger partial charge in [0.2, 0.25) is 0 Å². The monoisotopic (exact) mass is 431 g/mol. The van der Waals surface area contributed by atoms with Crippen LogP contribution in [0.3, 0.4) is 0 Å². The summed E-state index contributed by atoms with van der Waals surface area (Å²) in [5, 5.41) is 20.6. The summed E-state index contributed by atoms with van der Waals surface area (Å²) in [6.07, 6.45) is -7.87. The summed E-state index contributed by atoms with van der Waals surface area (Å²) < 4.78 is 50.5. The van der Waals surface area contributed by atoms with Gasteiger partial charge in [0.25, 0.3) is 11.2 Å². The predicted octanol–water partition coefficient (Wildman–Crippen LogP) is 1.33. The maximum atomic E-state index is 13.0. The number of aliphatic hydroxyl groups is 1. The molecule has 13 heteroatoms. The summed E-state index contributed by atoms with van der Waals surface area (Å²) in [4.78, 5) is 35.5. The molecule has 1 saturated heterocycles. The summed E-state index contributed by atoms with van der Waals surface area (Å²) >= 11 is 0. The third kappa shape index (κ3) is 4.42. The summed E-state index contributed by atoms with van der Waals surface area (Å²) in [7, 11) is 0. The first kappa shape index (κ1) is 21.7. The first-order valence-electron chi connectivity index (χ1n) is 8.64. The van der Waals surface area contributed by atoms with Crippen molar-refractivity contribution in [1.82, 2.24) is 9.55 Å². The molecule has 1 unspecified atom stereocenters. The zero-order valence-corrected chi connectivity index (χ0v) is 15.2. The van der Waals surface area contributed by atoms with Gasteiger partial charge in [-0.2, -0.15) is 13.2 Å². The minimum absolute atomic E-state index is 0.130. The lowest BCUT2D eigenvalue weighted by Gasteiger charge is -2.16. The van der Waals surface area contributed by atoms with Gasteiger partial charge in [0.15, 0.2) is 0 Å². The minimum atomic E-state index is -4.99. The topological polar surface area (TPSA) is 137 Å². The molecule has 0 saturated carbocycles. The number of aliphatic hydroxyl groups excluding tert-OH is 1. The number of para-hydroxylation sites is 1. The number of H-pyrrole nitrogens is 1. The molecule has 0 spiro atoms. The number of hydrogen-bond donors (Lipinski definition) is 2. The van der Waals surface area contributed by atoms with Crippen LogP contribution in [0.5, 0.6) is 0 Å². The smallest absolute Gasteiger partial charge is 0.394 e. The average Bonchev–Trinajstić information content (AvgIpc) is 3.08. The summed E-state index contributed by atoms with van der Waals surface area (Å²) in [6, 6.07) is 5.81. The second-order valence-corrected chi connectivity index (χ2v) is 6.49. The van der Waals surface area contributed by atoms with E-state index in [-0.39, 0.29) is 24.3 Å². The first-order chi connectivity index (χ1) is 14.1. The fourth-order valence-corrected chi connectivity index (χ4v) is 3.12. The summed E-state index contributed by atoms with van der Waals surface area (Å²) in [6.45, 7) is -0.787. The quantitative estimate of drug-likeness (QED) is 0.520. The van der Waals surface area contributed by atoms with E-state index in [4.69, 9.17) is 9.47 Å². The number of hydrogen-bond acceptors (Lipinski definition) is 7. The van der Waals surface area contributed by atoms with Crippen molar-refractivity contribution >= 4 is 5.69 Å². The lowest BCUT2D eigenvalue weighted by molar-refractivity contribution is -0.386. The van der Waals surface area contributed by atoms with E-state index < -0.39 is 53.0 Å². The number of alkyl halides is 3. The van der Waals surface area contributed by atoms with Gasteiger partial charge in [0.05, 0.1) is 29.8 Å². The van der Waals surface area contributed by atoms with Crippen molar-refractivity contribution in [3.05, 3.63) is 72.5 Å². The minimum Gasteiger partial charge on any atom is -0.394 e. The number of benzene rings is 1. The highest BCUT2D eigenvalue weighted by Gasteiger charge is 2.40. The zero-order valence-electron chi connectivity index (χ0n) is 15.2. The molecule has 0 radical (unpaired) electrons. The maximum Gasteiger partial charge on any atom is 0.423 e. The molecule has 1 aromatic heterocycles. The Bertz CT molecular complexity index is 1050. The van der Waals surface area contributed by atoms with Gasteiger partial charge in [-0.1, -0.05) is 12.1 Å². The Labute approximate surface area is 165 Å². The van der Waals surface area contributed by atoms with Gasteiger partial charge in [-0.15, -0.1) is 0 Å². The molecular formula is C17H16F3N3O7. The van der Waals surface area contributed by atoms with E-state index >= 15 is 0 Å². The van der Waals surface area contributed by atoms with E-state index in [0.29, 0.717) is 10.8 Å². The Morgan fingerprint density at radius 2 is 2.03 bits per heavy atom. The third-order valence-electron chi connectivity index (χ3n) is 4.59. The van der Waals surface area contributed by atoms with E-state index in [2.05, 4.69) is 0 Å². The molecule has 2 heterocycles. The van der Waals surface area contributed by atoms with Crippen molar-refractivity contribution in [2.75, 3.05) is 6.61 Å². The Morgan fingerprint density at radius 3 is 2.67 bits per heavy atom. The van der Waals surface area contributed by atoms with E-state index in [1.165, 1.54) is 18.2 Å². The Kier molecular flexibility index (Phi) is 6.05. The van der Waals surface area contributed by atoms with Gasteiger partial charge in [0.1, 0.15) is 17.9 Å². The van der Waals surface area contributed by atoms with Crippen LogP contribution in [0.2, 0.25) is 0 Å². The number of aromatic amines is 1. The zero-order chi connectivity index (χ0) is 22.1. The molecule has 162 valence electrons. The third-order valence-corrected chi connectivity index (χ3v) is 4.59. The van der Waals surface area contributed by atoms with Crippen LogP contribution >= 0.6 is 0 Å². The van der Waals surface area contributed by atoms with Crippen LogP contribution in [0.1, 0.15) is 23.8 Å². The van der Waals surface area contributed by atoms with Gasteiger partial charge >= 0.3 is 11.9 Å². The number of nitrogens with one attached hydrogen (secondary N) is 1. The largest absolute Gasteiger partial charge is 0.423 e. The van der Waals surface area contributed by atoms with Crippen LogP contribution in [0.15, 0.2) is 40.1 Å². The molecule has 0 amide bonds. The van der Waals surface area contributed by atoms with Crippen LogP contribution in [0.25, 0.3) is 0 Å². The number of rotatable bonds is 6. The van der Waals surface area contributed by atoms with Gasteiger partial charge in [-0.25, -0.2) is 4.79 Å². The molecule has 0 bridgehead atoms. The molecule has 2 N–H and O–H groups in total. The fraction of sp³-hybridized carbons (Fsp3) is 0.412. The molecule has 3 atom stereocenters. The molecular weight excluding hydrogens is 415 g/mol. The lowest BCUT2D eigenvalue weighted by atomic mass is 10.1. The maximum absolute atomic E-state index is 13.0. The fourth-order valence-electron chi connectivity index (χ4n) is 3.12. The molecule has 10 nitrogen and oxygen atoms in total. The summed E-state index contributed by atoms with van der Waals surface area (Å²) in [5.74, 6) is 0. The number of halogens is 3. The van der Waals surface area contributed by atoms with Crippen molar-refractivity contribution in [2.45, 2.75) is 37.6 Å². The molecule has 1 aliphatic rings. The highest BCUT2D eigenvalue weighted by Crippen LogP contribution is 2.32. The van der Waals surface area contributed by atoms with Crippen LogP contribution < -0.4 is 11.2 Å². The standard InChI is InChI=1S/C17H16F3N3O7/c18-17(19,20)10-6-22(16(26)21-15(10)25)14-5-12(13(7-24)30-14)29-8-9-3-1-2-4-11(9)23(27)28/h1-4,6,12-14,24H,5,7-8H2,(H,21,25,26)/t12?,13-,14-/m0/s1. The van der Waals surface area contributed by atoms with E-state index in [9.17, 15) is 38.0 Å².